The molecule has 2 aromatic carbocycles. The normalized spacial score (nSPS) is 17.6. The average Bonchev–Trinajstić information content (AvgIpc) is 3.27. The molecular formula is C21H21NO4. The summed E-state index contributed by atoms with van der Waals surface area (Å²) >= 11 is 0. The molecule has 1 atom stereocenters. The molecule has 2 heterocycles. The van der Waals surface area contributed by atoms with Crippen LogP contribution in [-0.4, -0.2) is 29.1 Å². The van der Waals surface area contributed by atoms with Gasteiger partial charge in [0.1, 0.15) is 23.7 Å². The number of rotatable bonds is 6. The number of hydrogen-bond donors (Lipinski definition) is 1. The standard InChI is InChI=1S/C21H21NO4/c23-21(24)17-9-10-22(13-17)12-15-5-7-18(8-6-15)25-14-19-11-16-3-1-2-4-20(16)26-19/h1-8,11,17H,9-10,12-14H2,(H,23,24). The minimum Gasteiger partial charge on any atom is -0.486 e. The van der Waals surface area contributed by atoms with Gasteiger partial charge in [0.25, 0.3) is 0 Å². The summed E-state index contributed by atoms with van der Waals surface area (Å²) in [4.78, 5) is 13.2. The Kier molecular flexibility index (Phi) is 4.63. The van der Waals surface area contributed by atoms with Crippen LogP contribution < -0.4 is 4.74 Å². The van der Waals surface area contributed by atoms with E-state index < -0.39 is 5.97 Å². The summed E-state index contributed by atoms with van der Waals surface area (Å²) < 4.78 is 11.6. The Balaban J connectivity index is 1.32. The molecule has 0 saturated carbocycles. The van der Waals surface area contributed by atoms with Gasteiger partial charge in [0, 0.05) is 18.5 Å². The van der Waals surface area contributed by atoms with Crippen LogP contribution >= 0.6 is 0 Å². The third kappa shape index (κ3) is 3.73. The van der Waals surface area contributed by atoms with Gasteiger partial charge < -0.3 is 14.3 Å². The topological polar surface area (TPSA) is 62.9 Å². The Morgan fingerprint density at radius 1 is 1.19 bits per heavy atom. The van der Waals surface area contributed by atoms with Crippen LogP contribution in [0.3, 0.4) is 0 Å². The van der Waals surface area contributed by atoms with Gasteiger partial charge in [0.05, 0.1) is 5.92 Å². The van der Waals surface area contributed by atoms with Crippen LogP contribution in [0.1, 0.15) is 17.7 Å². The van der Waals surface area contributed by atoms with Crippen LogP contribution in [0, 0.1) is 5.92 Å². The lowest BCUT2D eigenvalue weighted by molar-refractivity contribution is -0.141. The van der Waals surface area contributed by atoms with E-state index >= 15 is 0 Å². The molecule has 0 amide bonds. The minimum atomic E-state index is -0.693. The lowest BCUT2D eigenvalue weighted by Crippen LogP contribution is -2.22. The van der Waals surface area contributed by atoms with E-state index in [0.717, 1.165) is 47.6 Å². The van der Waals surface area contributed by atoms with E-state index in [1.807, 2.05) is 54.6 Å². The predicted molar refractivity (Wildman–Crippen MR) is 98.0 cm³/mol. The maximum atomic E-state index is 11.0. The number of aliphatic carboxylic acids is 1. The first-order valence-corrected chi connectivity index (χ1v) is 8.82. The Hall–Kier alpha value is -2.79. The molecule has 5 nitrogen and oxygen atoms in total. The van der Waals surface area contributed by atoms with E-state index in [9.17, 15) is 4.79 Å². The molecule has 5 heteroatoms. The summed E-state index contributed by atoms with van der Waals surface area (Å²) in [6, 6.07) is 17.9. The molecule has 1 aliphatic heterocycles. The Labute approximate surface area is 151 Å². The van der Waals surface area contributed by atoms with Crippen molar-refractivity contribution in [2.75, 3.05) is 13.1 Å². The number of furan rings is 1. The first kappa shape index (κ1) is 16.7. The van der Waals surface area contributed by atoms with Crippen LogP contribution in [-0.2, 0) is 17.9 Å². The first-order chi connectivity index (χ1) is 12.7. The fourth-order valence-corrected chi connectivity index (χ4v) is 3.39. The average molecular weight is 351 g/mol. The molecular weight excluding hydrogens is 330 g/mol. The van der Waals surface area contributed by atoms with Crippen LogP contribution in [0.25, 0.3) is 11.0 Å². The highest BCUT2D eigenvalue weighted by atomic mass is 16.5. The highest BCUT2D eigenvalue weighted by molar-refractivity contribution is 5.77. The summed E-state index contributed by atoms with van der Waals surface area (Å²) in [7, 11) is 0. The highest BCUT2D eigenvalue weighted by Gasteiger charge is 2.27. The van der Waals surface area contributed by atoms with Gasteiger partial charge in [0.15, 0.2) is 0 Å². The van der Waals surface area contributed by atoms with E-state index in [1.54, 1.807) is 0 Å². The maximum Gasteiger partial charge on any atom is 0.307 e. The van der Waals surface area contributed by atoms with E-state index in [1.165, 1.54) is 0 Å². The molecule has 26 heavy (non-hydrogen) atoms. The zero-order valence-electron chi connectivity index (χ0n) is 14.4. The third-order valence-electron chi connectivity index (χ3n) is 4.81. The molecule has 3 aromatic rings. The highest BCUT2D eigenvalue weighted by Crippen LogP contribution is 2.22. The fraction of sp³-hybridized carbons (Fsp3) is 0.286. The third-order valence-corrected chi connectivity index (χ3v) is 4.81. The lowest BCUT2D eigenvalue weighted by Gasteiger charge is -2.15. The quantitative estimate of drug-likeness (QED) is 0.729. The van der Waals surface area contributed by atoms with Gasteiger partial charge in [0.2, 0.25) is 0 Å². The Morgan fingerprint density at radius 2 is 2.00 bits per heavy atom. The Bertz CT molecular complexity index is 867. The second-order valence-electron chi connectivity index (χ2n) is 6.74. The lowest BCUT2D eigenvalue weighted by atomic mass is 10.1. The SMILES string of the molecule is O=C(O)C1CCN(Cc2ccc(OCc3cc4ccccc4o3)cc2)C1. The van der Waals surface area contributed by atoms with Gasteiger partial charge in [-0.1, -0.05) is 30.3 Å². The van der Waals surface area contributed by atoms with Crippen LogP contribution in [0.5, 0.6) is 5.75 Å². The number of carbonyl (C=O) groups is 1. The second kappa shape index (κ2) is 7.22. The van der Waals surface area contributed by atoms with Crippen molar-refractivity contribution in [3.63, 3.8) is 0 Å². The van der Waals surface area contributed by atoms with Gasteiger partial charge in [-0.15, -0.1) is 0 Å². The second-order valence-corrected chi connectivity index (χ2v) is 6.74. The zero-order valence-corrected chi connectivity index (χ0v) is 14.4. The molecule has 134 valence electrons. The van der Waals surface area contributed by atoms with E-state index in [4.69, 9.17) is 14.3 Å². The van der Waals surface area contributed by atoms with Crippen molar-refractivity contribution in [1.82, 2.24) is 4.90 Å². The van der Waals surface area contributed by atoms with Crippen molar-refractivity contribution in [2.24, 2.45) is 5.92 Å². The van der Waals surface area contributed by atoms with E-state index in [0.29, 0.717) is 13.2 Å². The summed E-state index contributed by atoms with van der Waals surface area (Å²) in [5.74, 6) is 0.661. The number of likely N-dealkylation sites (tertiary alicyclic amines) is 1. The maximum absolute atomic E-state index is 11.0. The van der Waals surface area contributed by atoms with Crippen LogP contribution in [0.4, 0.5) is 0 Å². The zero-order chi connectivity index (χ0) is 17.9. The molecule has 1 aliphatic rings. The Morgan fingerprint density at radius 3 is 2.73 bits per heavy atom. The summed E-state index contributed by atoms with van der Waals surface area (Å²) in [5, 5.41) is 10.2. The van der Waals surface area contributed by atoms with Crippen LogP contribution in [0.2, 0.25) is 0 Å². The molecule has 0 bridgehead atoms. The predicted octanol–water partition coefficient (Wildman–Crippen LogP) is 3.92. The van der Waals surface area contributed by atoms with Gasteiger partial charge in [-0.25, -0.2) is 0 Å². The molecule has 1 fully saturated rings. The molecule has 0 spiro atoms. The number of nitrogens with zero attached hydrogens (tertiary/aromatic N) is 1. The number of ether oxygens (including phenoxy) is 1. The number of carboxylic acid groups (broad SMARTS) is 1. The molecule has 0 aliphatic carbocycles. The van der Waals surface area contributed by atoms with Crippen molar-refractivity contribution < 1.29 is 19.1 Å². The van der Waals surface area contributed by atoms with Crippen LogP contribution in [0.15, 0.2) is 59.0 Å². The van der Waals surface area contributed by atoms with Gasteiger partial charge in [-0.3, -0.25) is 9.69 Å². The van der Waals surface area contributed by atoms with Gasteiger partial charge >= 0.3 is 5.97 Å². The van der Waals surface area contributed by atoms with Crippen molar-refractivity contribution in [3.05, 3.63) is 65.9 Å². The van der Waals surface area contributed by atoms with Crippen molar-refractivity contribution in [3.8, 4) is 5.75 Å². The fourth-order valence-electron chi connectivity index (χ4n) is 3.39. The van der Waals surface area contributed by atoms with E-state index in [2.05, 4.69) is 4.90 Å². The number of para-hydroxylation sites is 1. The smallest absolute Gasteiger partial charge is 0.307 e. The minimum absolute atomic E-state index is 0.235. The molecule has 1 aromatic heterocycles. The number of carboxylic acids is 1. The van der Waals surface area contributed by atoms with Crippen molar-refractivity contribution >= 4 is 16.9 Å². The molecule has 0 radical (unpaired) electrons. The first-order valence-electron chi connectivity index (χ1n) is 8.82. The van der Waals surface area contributed by atoms with Crippen molar-refractivity contribution in [2.45, 2.75) is 19.6 Å². The summed E-state index contributed by atoms with van der Waals surface area (Å²) in [6.07, 6.45) is 0.730. The number of benzene rings is 2. The van der Waals surface area contributed by atoms with Gasteiger partial charge in [-0.05, 0) is 42.8 Å². The molecule has 1 unspecified atom stereocenters. The summed E-state index contributed by atoms with van der Waals surface area (Å²) in [5.41, 5.74) is 2.03. The largest absolute Gasteiger partial charge is 0.486 e. The number of fused-ring (bicyclic) bond motifs is 1. The van der Waals surface area contributed by atoms with Gasteiger partial charge in [-0.2, -0.15) is 0 Å². The molecule has 4 rings (SSSR count). The number of hydrogen-bond acceptors (Lipinski definition) is 4. The van der Waals surface area contributed by atoms with Crippen molar-refractivity contribution in [1.29, 1.82) is 0 Å². The molecule has 1 saturated heterocycles. The van der Waals surface area contributed by atoms with E-state index in [-0.39, 0.29) is 5.92 Å². The monoisotopic (exact) mass is 351 g/mol. The summed E-state index contributed by atoms with van der Waals surface area (Å²) in [6.45, 7) is 2.62. The molecule has 1 N–H and O–H groups in total.